The lowest BCUT2D eigenvalue weighted by atomic mass is 10.1. The SMILES string of the molecule is O=C(CCn1cnc2ccccc21)NCc1cn(-c2ccccc2)nc1-c1ccccc1. The van der Waals surface area contributed by atoms with E-state index in [0.717, 1.165) is 33.5 Å². The van der Waals surface area contributed by atoms with Gasteiger partial charge in [0.25, 0.3) is 0 Å². The first kappa shape index (κ1) is 19.8. The summed E-state index contributed by atoms with van der Waals surface area (Å²) in [4.78, 5) is 17.0. The number of hydrogen-bond donors (Lipinski definition) is 1. The topological polar surface area (TPSA) is 64.7 Å². The molecule has 1 N–H and O–H groups in total. The molecule has 2 heterocycles. The highest BCUT2D eigenvalue weighted by atomic mass is 16.1. The van der Waals surface area contributed by atoms with Crippen molar-refractivity contribution in [2.45, 2.75) is 19.5 Å². The Morgan fingerprint density at radius 2 is 1.59 bits per heavy atom. The second-order valence-electron chi connectivity index (χ2n) is 7.60. The number of benzene rings is 3. The predicted octanol–water partition coefficient (Wildman–Crippen LogP) is 4.60. The third kappa shape index (κ3) is 4.16. The van der Waals surface area contributed by atoms with Crippen LogP contribution in [0.25, 0.3) is 28.0 Å². The number of aromatic nitrogens is 4. The van der Waals surface area contributed by atoms with Crippen LogP contribution in [0.2, 0.25) is 0 Å². The highest BCUT2D eigenvalue weighted by Crippen LogP contribution is 2.23. The van der Waals surface area contributed by atoms with Crippen LogP contribution in [0.15, 0.2) is 97.5 Å². The second kappa shape index (κ2) is 8.89. The van der Waals surface area contributed by atoms with Gasteiger partial charge in [-0.25, -0.2) is 9.67 Å². The average molecular weight is 422 g/mol. The molecule has 0 aliphatic heterocycles. The lowest BCUT2D eigenvalue weighted by Crippen LogP contribution is -2.24. The number of rotatable bonds is 7. The van der Waals surface area contributed by atoms with Crippen molar-refractivity contribution in [3.8, 4) is 16.9 Å². The van der Waals surface area contributed by atoms with Gasteiger partial charge in [-0.05, 0) is 24.3 Å². The number of aryl methyl sites for hydroxylation is 1. The number of hydrogen-bond acceptors (Lipinski definition) is 3. The van der Waals surface area contributed by atoms with E-state index in [4.69, 9.17) is 5.10 Å². The van der Waals surface area contributed by atoms with Crippen molar-refractivity contribution in [2.75, 3.05) is 0 Å². The van der Waals surface area contributed by atoms with Crippen molar-refractivity contribution in [3.05, 3.63) is 103 Å². The minimum atomic E-state index is -0.00532. The summed E-state index contributed by atoms with van der Waals surface area (Å²) in [7, 11) is 0. The molecular formula is C26H23N5O. The molecule has 0 saturated carbocycles. The summed E-state index contributed by atoms with van der Waals surface area (Å²) >= 11 is 0. The summed E-state index contributed by atoms with van der Waals surface area (Å²) in [5.41, 5.74) is 5.83. The maximum absolute atomic E-state index is 12.6. The first-order chi connectivity index (χ1) is 15.8. The summed E-state index contributed by atoms with van der Waals surface area (Å²) in [5, 5.41) is 7.86. The third-order valence-corrected chi connectivity index (χ3v) is 5.44. The zero-order valence-corrected chi connectivity index (χ0v) is 17.6. The number of nitrogens with zero attached hydrogens (tertiary/aromatic N) is 4. The molecular weight excluding hydrogens is 398 g/mol. The molecule has 0 fully saturated rings. The van der Waals surface area contributed by atoms with Gasteiger partial charge in [0, 0.05) is 36.8 Å². The molecule has 0 bridgehead atoms. The minimum Gasteiger partial charge on any atom is -0.352 e. The molecule has 3 aromatic carbocycles. The Hall–Kier alpha value is -4.19. The van der Waals surface area contributed by atoms with Crippen molar-refractivity contribution in [3.63, 3.8) is 0 Å². The number of fused-ring (bicyclic) bond motifs is 1. The van der Waals surface area contributed by atoms with E-state index in [1.807, 2.05) is 100 Å². The van der Waals surface area contributed by atoms with Gasteiger partial charge in [-0.3, -0.25) is 4.79 Å². The molecule has 0 spiro atoms. The lowest BCUT2D eigenvalue weighted by Gasteiger charge is -2.07. The zero-order chi connectivity index (χ0) is 21.8. The van der Waals surface area contributed by atoms with Crippen LogP contribution in [0.1, 0.15) is 12.0 Å². The van der Waals surface area contributed by atoms with Crippen molar-refractivity contribution < 1.29 is 4.79 Å². The fourth-order valence-electron chi connectivity index (χ4n) is 3.78. The normalized spacial score (nSPS) is 11.0. The van der Waals surface area contributed by atoms with Crippen LogP contribution >= 0.6 is 0 Å². The molecule has 2 aromatic heterocycles. The summed E-state index contributed by atoms with van der Waals surface area (Å²) in [6.07, 6.45) is 4.16. The van der Waals surface area contributed by atoms with Crippen LogP contribution in [-0.2, 0) is 17.9 Å². The number of amides is 1. The molecule has 0 aliphatic carbocycles. The van der Waals surface area contributed by atoms with Crippen molar-refractivity contribution >= 4 is 16.9 Å². The number of carbonyl (C=O) groups is 1. The van der Waals surface area contributed by atoms with Crippen LogP contribution in [0.3, 0.4) is 0 Å². The van der Waals surface area contributed by atoms with Crippen LogP contribution < -0.4 is 5.32 Å². The molecule has 5 aromatic rings. The van der Waals surface area contributed by atoms with Crippen molar-refractivity contribution in [1.29, 1.82) is 0 Å². The van der Waals surface area contributed by atoms with Gasteiger partial charge in [-0.15, -0.1) is 0 Å². The number of nitrogens with one attached hydrogen (secondary N) is 1. The van der Waals surface area contributed by atoms with Gasteiger partial charge < -0.3 is 9.88 Å². The van der Waals surface area contributed by atoms with Gasteiger partial charge in [0.1, 0.15) is 0 Å². The smallest absolute Gasteiger partial charge is 0.222 e. The maximum Gasteiger partial charge on any atom is 0.222 e. The Kier molecular flexibility index (Phi) is 5.49. The second-order valence-corrected chi connectivity index (χ2v) is 7.60. The molecule has 0 radical (unpaired) electrons. The molecule has 0 saturated heterocycles. The van der Waals surface area contributed by atoms with Crippen LogP contribution in [-0.4, -0.2) is 25.2 Å². The van der Waals surface area contributed by atoms with E-state index in [9.17, 15) is 4.79 Å². The minimum absolute atomic E-state index is 0.00532. The number of carbonyl (C=O) groups excluding carboxylic acids is 1. The Bertz CT molecular complexity index is 1340. The van der Waals surface area contributed by atoms with Crippen molar-refractivity contribution in [1.82, 2.24) is 24.6 Å². The van der Waals surface area contributed by atoms with Gasteiger partial charge in [0.15, 0.2) is 0 Å². The van der Waals surface area contributed by atoms with Crippen molar-refractivity contribution in [2.24, 2.45) is 0 Å². The van der Waals surface area contributed by atoms with E-state index < -0.39 is 0 Å². The first-order valence-corrected chi connectivity index (χ1v) is 10.6. The van der Waals surface area contributed by atoms with E-state index in [1.165, 1.54) is 0 Å². The van der Waals surface area contributed by atoms with Crippen LogP contribution in [0.5, 0.6) is 0 Å². The first-order valence-electron chi connectivity index (χ1n) is 10.6. The van der Waals surface area contributed by atoms with Gasteiger partial charge in [-0.1, -0.05) is 60.7 Å². The van der Waals surface area contributed by atoms with E-state index in [0.29, 0.717) is 19.5 Å². The standard InChI is InChI=1S/C26H23N5O/c32-25(15-16-30-19-28-23-13-7-8-14-24(23)30)27-17-21-18-31(22-11-5-2-6-12-22)29-26(21)20-9-3-1-4-10-20/h1-14,18-19H,15-17H2,(H,27,32). The average Bonchev–Trinajstić information content (AvgIpc) is 3.47. The fourth-order valence-corrected chi connectivity index (χ4v) is 3.78. The van der Waals surface area contributed by atoms with E-state index >= 15 is 0 Å². The highest BCUT2D eigenvalue weighted by molar-refractivity contribution is 5.77. The summed E-state index contributed by atoms with van der Waals surface area (Å²) in [6.45, 7) is 1.00. The van der Waals surface area contributed by atoms with E-state index in [2.05, 4.69) is 10.3 Å². The summed E-state index contributed by atoms with van der Waals surface area (Å²) in [5.74, 6) is -0.00532. The molecule has 6 heteroatoms. The molecule has 0 unspecified atom stereocenters. The van der Waals surface area contributed by atoms with Gasteiger partial charge in [0.05, 0.1) is 28.7 Å². The maximum atomic E-state index is 12.6. The van der Waals surface area contributed by atoms with Gasteiger partial charge in [-0.2, -0.15) is 5.10 Å². The van der Waals surface area contributed by atoms with Crippen LogP contribution in [0.4, 0.5) is 0 Å². The molecule has 5 rings (SSSR count). The molecule has 158 valence electrons. The molecule has 0 atom stereocenters. The number of para-hydroxylation sites is 3. The zero-order valence-electron chi connectivity index (χ0n) is 17.6. The number of imidazole rings is 1. The van der Waals surface area contributed by atoms with Crippen LogP contribution in [0, 0.1) is 0 Å². The van der Waals surface area contributed by atoms with Gasteiger partial charge >= 0.3 is 0 Å². The largest absolute Gasteiger partial charge is 0.352 e. The summed E-state index contributed by atoms with van der Waals surface area (Å²) in [6, 6.07) is 28.0. The molecule has 0 aliphatic rings. The fraction of sp³-hybridized carbons (Fsp3) is 0.115. The Morgan fingerprint density at radius 3 is 2.41 bits per heavy atom. The Balaban J connectivity index is 1.31. The predicted molar refractivity (Wildman–Crippen MR) is 125 cm³/mol. The Labute approximate surface area is 186 Å². The third-order valence-electron chi connectivity index (χ3n) is 5.44. The summed E-state index contributed by atoms with van der Waals surface area (Å²) < 4.78 is 3.87. The molecule has 6 nitrogen and oxygen atoms in total. The monoisotopic (exact) mass is 421 g/mol. The molecule has 1 amide bonds. The molecule has 32 heavy (non-hydrogen) atoms. The van der Waals surface area contributed by atoms with Gasteiger partial charge in [0.2, 0.25) is 5.91 Å². The van der Waals surface area contributed by atoms with E-state index in [-0.39, 0.29) is 5.91 Å². The quantitative estimate of drug-likeness (QED) is 0.418. The highest BCUT2D eigenvalue weighted by Gasteiger charge is 2.13. The van der Waals surface area contributed by atoms with E-state index in [1.54, 1.807) is 6.33 Å². The lowest BCUT2D eigenvalue weighted by molar-refractivity contribution is -0.121. The Morgan fingerprint density at radius 1 is 0.875 bits per heavy atom.